The highest BCUT2D eigenvalue weighted by Crippen LogP contribution is 2.16. The van der Waals surface area contributed by atoms with E-state index in [0.29, 0.717) is 0 Å². The lowest BCUT2D eigenvalue weighted by atomic mass is 10.1. The molecular formula is C14H21N3. The fraction of sp³-hybridized carbons (Fsp3) is 0.429. The van der Waals surface area contributed by atoms with E-state index in [2.05, 4.69) is 53.6 Å². The second-order valence-electron chi connectivity index (χ2n) is 4.69. The van der Waals surface area contributed by atoms with E-state index in [4.69, 9.17) is 0 Å². The molecular weight excluding hydrogens is 210 g/mol. The van der Waals surface area contributed by atoms with Crippen LogP contribution in [-0.2, 0) is 6.54 Å². The molecule has 3 nitrogen and oxygen atoms in total. The van der Waals surface area contributed by atoms with Crippen LogP contribution < -0.4 is 5.32 Å². The van der Waals surface area contributed by atoms with Crippen LogP contribution in [0.2, 0.25) is 0 Å². The van der Waals surface area contributed by atoms with E-state index in [-0.39, 0.29) is 0 Å². The van der Waals surface area contributed by atoms with E-state index in [9.17, 15) is 0 Å². The van der Waals surface area contributed by atoms with Crippen molar-refractivity contribution in [1.82, 2.24) is 15.2 Å². The van der Waals surface area contributed by atoms with Gasteiger partial charge in [-0.2, -0.15) is 0 Å². The van der Waals surface area contributed by atoms with Crippen LogP contribution in [0.15, 0.2) is 30.5 Å². The second kappa shape index (κ2) is 5.84. The minimum atomic E-state index is 0.947. The number of rotatable bonds is 6. The molecule has 0 atom stereocenters. The quantitative estimate of drug-likeness (QED) is 0.747. The summed E-state index contributed by atoms with van der Waals surface area (Å²) in [4.78, 5) is 5.46. The Bertz CT molecular complexity index is 459. The largest absolute Gasteiger partial charge is 0.361 e. The maximum absolute atomic E-state index is 3.50. The van der Waals surface area contributed by atoms with Gasteiger partial charge in [0.25, 0.3) is 0 Å². The van der Waals surface area contributed by atoms with E-state index < -0.39 is 0 Å². The van der Waals surface area contributed by atoms with Crippen molar-refractivity contribution in [2.45, 2.75) is 13.0 Å². The molecule has 0 saturated carbocycles. The summed E-state index contributed by atoms with van der Waals surface area (Å²) in [5.41, 5.74) is 2.59. The molecule has 92 valence electrons. The minimum absolute atomic E-state index is 0.947. The molecule has 17 heavy (non-hydrogen) atoms. The number of aromatic nitrogens is 1. The number of benzene rings is 1. The van der Waals surface area contributed by atoms with Gasteiger partial charge in [-0.15, -0.1) is 0 Å². The molecule has 0 fully saturated rings. The molecule has 2 N–H and O–H groups in total. The lowest BCUT2D eigenvalue weighted by Gasteiger charge is -2.10. The van der Waals surface area contributed by atoms with Gasteiger partial charge in [-0.05, 0) is 51.3 Å². The number of aromatic amines is 1. The zero-order valence-electron chi connectivity index (χ0n) is 10.7. The summed E-state index contributed by atoms with van der Waals surface area (Å²) >= 11 is 0. The summed E-state index contributed by atoms with van der Waals surface area (Å²) in [6.45, 7) is 3.16. The van der Waals surface area contributed by atoms with Crippen molar-refractivity contribution in [3.63, 3.8) is 0 Å². The predicted molar refractivity (Wildman–Crippen MR) is 73.2 cm³/mol. The number of nitrogens with zero attached hydrogens (tertiary/aromatic N) is 1. The van der Waals surface area contributed by atoms with E-state index >= 15 is 0 Å². The first kappa shape index (κ1) is 12.1. The molecule has 0 aliphatic carbocycles. The standard InChI is InChI=1S/C14H21N3/c1-17(2)10-4-8-15-11-12-5-3-6-14-13(12)7-9-16-14/h3,5-7,9,15-16H,4,8,10-11H2,1-2H3. The van der Waals surface area contributed by atoms with Crippen LogP contribution in [-0.4, -0.2) is 37.1 Å². The van der Waals surface area contributed by atoms with E-state index in [0.717, 1.165) is 19.6 Å². The zero-order valence-corrected chi connectivity index (χ0v) is 10.7. The molecule has 0 radical (unpaired) electrons. The van der Waals surface area contributed by atoms with Crippen LogP contribution in [0.1, 0.15) is 12.0 Å². The predicted octanol–water partition coefficient (Wildman–Crippen LogP) is 2.21. The van der Waals surface area contributed by atoms with Crippen LogP contribution in [0.5, 0.6) is 0 Å². The molecule has 1 aromatic heterocycles. The summed E-state index contributed by atoms with van der Waals surface area (Å²) < 4.78 is 0. The molecule has 0 bridgehead atoms. The Kier molecular flexibility index (Phi) is 4.18. The van der Waals surface area contributed by atoms with Gasteiger partial charge >= 0.3 is 0 Å². The second-order valence-corrected chi connectivity index (χ2v) is 4.69. The van der Waals surface area contributed by atoms with Gasteiger partial charge in [0.1, 0.15) is 0 Å². The molecule has 2 rings (SSSR count). The normalized spacial score (nSPS) is 11.5. The van der Waals surface area contributed by atoms with Crippen molar-refractivity contribution in [2.75, 3.05) is 27.2 Å². The molecule has 0 saturated heterocycles. The van der Waals surface area contributed by atoms with Gasteiger partial charge in [0, 0.05) is 23.6 Å². The highest BCUT2D eigenvalue weighted by molar-refractivity contribution is 5.82. The number of hydrogen-bond donors (Lipinski definition) is 2. The number of fused-ring (bicyclic) bond motifs is 1. The third-order valence-electron chi connectivity index (χ3n) is 2.96. The summed E-state index contributed by atoms with van der Waals surface area (Å²) in [5.74, 6) is 0. The third-order valence-corrected chi connectivity index (χ3v) is 2.96. The molecule has 2 aromatic rings. The van der Waals surface area contributed by atoms with Crippen LogP contribution in [0.4, 0.5) is 0 Å². The molecule has 0 aliphatic rings. The molecule has 3 heteroatoms. The first-order valence-corrected chi connectivity index (χ1v) is 6.18. The molecule has 0 aliphatic heterocycles. The highest BCUT2D eigenvalue weighted by Gasteiger charge is 2.00. The van der Waals surface area contributed by atoms with Crippen molar-refractivity contribution < 1.29 is 0 Å². The van der Waals surface area contributed by atoms with Gasteiger partial charge in [0.15, 0.2) is 0 Å². The van der Waals surface area contributed by atoms with Crippen molar-refractivity contribution >= 4 is 10.9 Å². The maximum atomic E-state index is 3.50. The lowest BCUT2D eigenvalue weighted by molar-refractivity contribution is 0.394. The lowest BCUT2D eigenvalue weighted by Crippen LogP contribution is -2.21. The van der Waals surface area contributed by atoms with Gasteiger partial charge in [-0.1, -0.05) is 12.1 Å². The third kappa shape index (κ3) is 3.32. The highest BCUT2D eigenvalue weighted by atomic mass is 15.0. The maximum Gasteiger partial charge on any atom is 0.0457 e. The van der Waals surface area contributed by atoms with E-state index in [1.54, 1.807) is 0 Å². The monoisotopic (exact) mass is 231 g/mol. The van der Waals surface area contributed by atoms with Crippen molar-refractivity contribution in [3.05, 3.63) is 36.0 Å². The smallest absolute Gasteiger partial charge is 0.0457 e. The number of hydrogen-bond acceptors (Lipinski definition) is 2. The Hall–Kier alpha value is -1.32. The van der Waals surface area contributed by atoms with Crippen molar-refractivity contribution in [1.29, 1.82) is 0 Å². The Balaban J connectivity index is 1.84. The first-order chi connectivity index (χ1) is 8.27. The van der Waals surface area contributed by atoms with Crippen molar-refractivity contribution in [3.8, 4) is 0 Å². The van der Waals surface area contributed by atoms with E-state index in [1.165, 1.54) is 22.9 Å². The minimum Gasteiger partial charge on any atom is -0.361 e. The number of H-pyrrole nitrogens is 1. The first-order valence-electron chi connectivity index (χ1n) is 6.18. The molecule has 0 spiro atoms. The fourth-order valence-corrected chi connectivity index (χ4v) is 2.05. The van der Waals surface area contributed by atoms with Crippen LogP contribution in [0.25, 0.3) is 10.9 Å². The molecule has 1 aromatic carbocycles. The van der Waals surface area contributed by atoms with Crippen molar-refractivity contribution in [2.24, 2.45) is 0 Å². The van der Waals surface area contributed by atoms with Crippen LogP contribution in [0.3, 0.4) is 0 Å². The fourth-order valence-electron chi connectivity index (χ4n) is 2.05. The van der Waals surface area contributed by atoms with Gasteiger partial charge < -0.3 is 15.2 Å². The Morgan fingerprint density at radius 3 is 2.94 bits per heavy atom. The van der Waals surface area contributed by atoms with Gasteiger partial charge in [0.2, 0.25) is 0 Å². The SMILES string of the molecule is CN(C)CCCNCc1cccc2[nH]ccc12. The zero-order chi connectivity index (χ0) is 12.1. The molecule has 0 amide bonds. The average molecular weight is 231 g/mol. The Labute approximate surface area is 103 Å². The summed E-state index contributed by atoms with van der Waals surface area (Å²) in [6, 6.07) is 8.56. The number of nitrogens with one attached hydrogen (secondary N) is 2. The van der Waals surface area contributed by atoms with Crippen LogP contribution in [0, 0.1) is 0 Å². The van der Waals surface area contributed by atoms with Gasteiger partial charge in [0.05, 0.1) is 0 Å². The summed E-state index contributed by atoms with van der Waals surface area (Å²) in [5, 5.41) is 4.82. The van der Waals surface area contributed by atoms with Crippen LogP contribution >= 0.6 is 0 Å². The Morgan fingerprint density at radius 1 is 1.24 bits per heavy atom. The van der Waals surface area contributed by atoms with Gasteiger partial charge in [-0.25, -0.2) is 0 Å². The van der Waals surface area contributed by atoms with E-state index in [1.807, 2.05) is 6.20 Å². The molecule has 1 heterocycles. The average Bonchev–Trinajstić information content (AvgIpc) is 2.77. The summed E-state index contributed by atoms with van der Waals surface area (Å²) in [7, 11) is 4.22. The van der Waals surface area contributed by atoms with Gasteiger partial charge in [-0.3, -0.25) is 0 Å². The topological polar surface area (TPSA) is 31.1 Å². The summed E-state index contributed by atoms with van der Waals surface area (Å²) in [6.07, 6.45) is 3.19. The molecule has 0 unspecified atom stereocenters. The Morgan fingerprint density at radius 2 is 2.12 bits per heavy atom.